The van der Waals surface area contributed by atoms with Crippen molar-refractivity contribution in [2.45, 2.75) is 12.6 Å². The summed E-state index contributed by atoms with van der Waals surface area (Å²) in [6, 6.07) is 4.45. The van der Waals surface area contributed by atoms with E-state index in [1.54, 1.807) is 30.1 Å². The van der Waals surface area contributed by atoms with Crippen LogP contribution in [0.2, 0.25) is 0 Å². The third-order valence-electron chi connectivity index (χ3n) is 3.06. The molecule has 0 bridgehead atoms. The number of nitrogens with two attached hydrogens (primary N) is 1. The lowest BCUT2D eigenvalue weighted by atomic mass is 10.0. The van der Waals surface area contributed by atoms with Crippen molar-refractivity contribution in [3.8, 4) is 0 Å². The van der Waals surface area contributed by atoms with Gasteiger partial charge in [-0.15, -0.1) is 0 Å². The molecule has 0 radical (unpaired) electrons. The maximum absolute atomic E-state index is 13.4. The third kappa shape index (κ3) is 3.70. The molecule has 0 aliphatic heterocycles. The summed E-state index contributed by atoms with van der Waals surface area (Å²) >= 11 is 6.66. The second kappa shape index (κ2) is 7.46. The number of hydrazine groups is 1. The Morgan fingerprint density at radius 1 is 1.43 bits per heavy atom. The lowest BCUT2D eigenvalue weighted by Crippen LogP contribution is -2.31. The number of nitrogens with one attached hydrogen (secondary N) is 1. The molecule has 1 heterocycles. The van der Waals surface area contributed by atoms with Gasteiger partial charge in [0.05, 0.1) is 40.0 Å². The number of hydrogen-bond acceptors (Lipinski definition) is 4. The van der Waals surface area contributed by atoms with Gasteiger partial charge >= 0.3 is 0 Å². The van der Waals surface area contributed by atoms with Gasteiger partial charge in [-0.05, 0) is 49.6 Å². The molecule has 0 saturated carbocycles. The predicted molar refractivity (Wildman–Crippen MR) is 85.1 cm³/mol. The number of halogens is 3. The normalized spacial score (nSPS) is 12.6. The molecular formula is C13H15Br2FN4O. The topological polar surface area (TPSA) is 65.1 Å². The minimum Gasteiger partial charge on any atom is -0.383 e. The van der Waals surface area contributed by atoms with Crippen molar-refractivity contribution in [1.29, 1.82) is 0 Å². The molecule has 0 spiro atoms. The summed E-state index contributed by atoms with van der Waals surface area (Å²) in [5, 5.41) is 4.30. The highest BCUT2D eigenvalue weighted by molar-refractivity contribution is 9.10. The Morgan fingerprint density at radius 2 is 2.19 bits per heavy atom. The summed E-state index contributed by atoms with van der Waals surface area (Å²) in [5.74, 6) is 5.38. The Kier molecular flexibility index (Phi) is 5.88. The van der Waals surface area contributed by atoms with Gasteiger partial charge in [0.25, 0.3) is 0 Å². The van der Waals surface area contributed by atoms with Gasteiger partial charge in [-0.3, -0.25) is 10.5 Å². The standard InChI is InChI=1S/C13H15Br2FN4O/c1-21-5-4-20-13(10(15)7-18-20)12(19-17)8-2-3-11(16)9(14)6-8/h2-3,6-7,12,19H,4-5,17H2,1H3. The lowest BCUT2D eigenvalue weighted by Gasteiger charge is -2.19. The average Bonchev–Trinajstić information content (AvgIpc) is 2.83. The van der Waals surface area contributed by atoms with E-state index in [0.29, 0.717) is 17.6 Å². The number of ether oxygens (including phenoxy) is 1. The lowest BCUT2D eigenvalue weighted by molar-refractivity contribution is 0.182. The first-order chi connectivity index (χ1) is 10.1. The fourth-order valence-electron chi connectivity index (χ4n) is 2.04. The van der Waals surface area contributed by atoms with Crippen molar-refractivity contribution in [2.24, 2.45) is 5.84 Å². The van der Waals surface area contributed by atoms with Crippen molar-refractivity contribution in [1.82, 2.24) is 15.2 Å². The molecule has 0 fully saturated rings. The first-order valence-corrected chi connectivity index (χ1v) is 7.78. The highest BCUT2D eigenvalue weighted by Crippen LogP contribution is 2.30. The van der Waals surface area contributed by atoms with Crippen LogP contribution >= 0.6 is 31.9 Å². The molecule has 0 aliphatic rings. The van der Waals surface area contributed by atoms with Crippen LogP contribution in [-0.2, 0) is 11.3 Å². The number of rotatable bonds is 6. The van der Waals surface area contributed by atoms with E-state index in [2.05, 4.69) is 42.4 Å². The number of aromatic nitrogens is 2. The molecule has 5 nitrogen and oxygen atoms in total. The first-order valence-electron chi connectivity index (χ1n) is 6.19. The zero-order valence-corrected chi connectivity index (χ0v) is 14.5. The van der Waals surface area contributed by atoms with Gasteiger partial charge in [-0.1, -0.05) is 6.07 Å². The summed E-state index contributed by atoms with van der Waals surface area (Å²) in [7, 11) is 1.63. The van der Waals surface area contributed by atoms with Crippen LogP contribution in [0.4, 0.5) is 4.39 Å². The minimum absolute atomic E-state index is 0.318. The van der Waals surface area contributed by atoms with E-state index in [1.807, 2.05) is 0 Å². The van der Waals surface area contributed by atoms with Crippen LogP contribution in [0.1, 0.15) is 17.3 Å². The van der Waals surface area contributed by atoms with Crippen LogP contribution in [-0.4, -0.2) is 23.5 Å². The fourth-order valence-corrected chi connectivity index (χ4v) is 2.96. The van der Waals surface area contributed by atoms with Crippen molar-refractivity contribution in [3.63, 3.8) is 0 Å². The largest absolute Gasteiger partial charge is 0.383 e. The summed E-state index contributed by atoms with van der Waals surface area (Å²) in [6.07, 6.45) is 1.70. The van der Waals surface area contributed by atoms with Crippen LogP contribution in [0, 0.1) is 5.82 Å². The SMILES string of the molecule is COCCn1ncc(Br)c1C(NN)c1ccc(F)c(Br)c1. The van der Waals surface area contributed by atoms with E-state index in [0.717, 1.165) is 15.7 Å². The number of methoxy groups -OCH3 is 1. The quantitative estimate of drug-likeness (QED) is 0.556. The molecule has 3 N–H and O–H groups in total. The molecule has 114 valence electrons. The van der Waals surface area contributed by atoms with Gasteiger partial charge in [0.15, 0.2) is 0 Å². The van der Waals surface area contributed by atoms with Gasteiger partial charge < -0.3 is 4.74 Å². The summed E-state index contributed by atoms with van der Waals surface area (Å²) in [5.41, 5.74) is 4.43. The molecule has 8 heteroatoms. The van der Waals surface area contributed by atoms with Crippen molar-refractivity contribution in [3.05, 3.63) is 50.4 Å². The number of hydrogen-bond donors (Lipinski definition) is 2. The van der Waals surface area contributed by atoms with Crippen LogP contribution in [0.15, 0.2) is 33.3 Å². The molecular weight excluding hydrogens is 407 g/mol. The molecule has 1 unspecified atom stereocenters. The number of nitrogens with zero attached hydrogens (tertiary/aromatic N) is 2. The molecule has 1 atom stereocenters. The Balaban J connectivity index is 2.40. The van der Waals surface area contributed by atoms with E-state index >= 15 is 0 Å². The molecule has 1 aromatic heterocycles. The van der Waals surface area contributed by atoms with Gasteiger partial charge in [0.1, 0.15) is 5.82 Å². The molecule has 2 rings (SSSR count). The van der Waals surface area contributed by atoms with Crippen molar-refractivity contribution < 1.29 is 9.13 Å². The second-order valence-electron chi connectivity index (χ2n) is 4.37. The van der Waals surface area contributed by atoms with E-state index in [9.17, 15) is 4.39 Å². The Morgan fingerprint density at radius 3 is 2.81 bits per heavy atom. The minimum atomic E-state index is -0.323. The smallest absolute Gasteiger partial charge is 0.137 e. The molecule has 1 aromatic carbocycles. The Bertz CT molecular complexity index is 620. The third-order valence-corrected chi connectivity index (χ3v) is 4.28. The van der Waals surface area contributed by atoms with Crippen LogP contribution in [0.25, 0.3) is 0 Å². The van der Waals surface area contributed by atoms with Gasteiger partial charge in [0, 0.05) is 7.11 Å². The summed E-state index contributed by atoms with van der Waals surface area (Å²) in [6.45, 7) is 1.13. The van der Waals surface area contributed by atoms with E-state index < -0.39 is 0 Å². The zero-order chi connectivity index (χ0) is 15.4. The second-order valence-corrected chi connectivity index (χ2v) is 6.08. The average molecular weight is 422 g/mol. The van der Waals surface area contributed by atoms with Gasteiger partial charge in [0.2, 0.25) is 0 Å². The fraction of sp³-hybridized carbons (Fsp3) is 0.308. The van der Waals surface area contributed by atoms with E-state index in [4.69, 9.17) is 10.6 Å². The first kappa shape index (κ1) is 16.6. The predicted octanol–water partition coefficient (Wildman–Crippen LogP) is 2.75. The zero-order valence-electron chi connectivity index (χ0n) is 11.3. The maximum Gasteiger partial charge on any atom is 0.137 e. The molecule has 0 amide bonds. The van der Waals surface area contributed by atoms with Crippen LogP contribution in [0.3, 0.4) is 0 Å². The van der Waals surface area contributed by atoms with Crippen molar-refractivity contribution >= 4 is 31.9 Å². The summed E-state index contributed by atoms with van der Waals surface area (Å²) in [4.78, 5) is 0. The maximum atomic E-state index is 13.4. The summed E-state index contributed by atoms with van der Waals surface area (Å²) < 4.78 is 21.5. The molecule has 0 saturated heterocycles. The monoisotopic (exact) mass is 420 g/mol. The number of benzene rings is 1. The molecule has 0 aliphatic carbocycles. The van der Waals surface area contributed by atoms with E-state index in [1.165, 1.54) is 6.07 Å². The van der Waals surface area contributed by atoms with Gasteiger partial charge in [-0.25, -0.2) is 9.82 Å². The van der Waals surface area contributed by atoms with Crippen molar-refractivity contribution in [2.75, 3.05) is 13.7 Å². The van der Waals surface area contributed by atoms with Crippen LogP contribution < -0.4 is 11.3 Å². The molecule has 2 aromatic rings. The van der Waals surface area contributed by atoms with Gasteiger partial charge in [-0.2, -0.15) is 5.10 Å². The Hall–Kier alpha value is -0.800. The Labute approximate surface area is 138 Å². The van der Waals surface area contributed by atoms with E-state index in [-0.39, 0.29) is 11.9 Å². The highest BCUT2D eigenvalue weighted by atomic mass is 79.9. The highest BCUT2D eigenvalue weighted by Gasteiger charge is 2.21. The molecule has 21 heavy (non-hydrogen) atoms. The van der Waals surface area contributed by atoms with Crippen LogP contribution in [0.5, 0.6) is 0 Å².